The zero-order valence-electron chi connectivity index (χ0n) is 15.3. The van der Waals surface area contributed by atoms with Gasteiger partial charge in [0.15, 0.2) is 17.2 Å². The minimum absolute atomic E-state index is 0.0183. The fourth-order valence-corrected chi connectivity index (χ4v) is 3.29. The van der Waals surface area contributed by atoms with Crippen molar-refractivity contribution in [1.82, 2.24) is 15.1 Å². The molecule has 0 saturated heterocycles. The number of amides is 1. The molecule has 0 aliphatic carbocycles. The van der Waals surface area contributed by atoms with E-state index in [-0.39, 0.29) is 11.4 Å². The molecule has 25 heavy (non-hydrogen) atoms. The number of carbonyl (C=O) groups is 1. The summed E-state index contributed by atoms with van der Waals surface area (Å²) in [5, 5.41) is 11.5. The molecule has 0 aliphatic rings. The fourth-order valence-electron chi connectivity index (χ4n) is 2.27. The number of aromatic nitrogens is 2. The number of aryl methyl sites for hydroxylation is 1. The topological polar surface area (TPSA) is 63.4 Å². The number of benzene rings is 1. The highest BCUT2D eigenvalue weighted by Crippen LogP contribution is 2.20. The second kappa shape index (κ2) is 8.07. The van der Waals surface area contributed by atoms with Crippen LogP contribution in [0.25, 0.3) is 0 Å². The largest absolute Gasteiger partial charge is 0.347 e. The summed E-state index contributed by atoms with van der Waals surface area (Å²) in [6.07, 6.45) is 0. The van der Waals surface area contributed by atoms with Crippen LogP contribution in [0.5, 0.6) is 0 Å². The van der Waals surface area contributed by atoms with Gasteiger partial charge in [-0.3, -0.25) is 4.79 Å². The van der Waals surface area contributed by atoms with Crippen molar-refractivity contribution >= 4 is 40.3 Å². The van der Waals surface area contributed by atoms with Crippen LogP contribution in [0, 0.1) is 10.9 Å². The van der Waals surface area contributed by atoms with Crippen molar-refractivity contribution in [2.24, 2.45) is 0 Å². The summed E-state index contributed by atoms with van der Waals surface area (Å²) in [5.41, 5.74) is 1.97. The standard InChI is InChI=1S/C17H25N5OS2/c1-12-6-8-13(9-7-12)18-15-20-22(16(24)25-15)11-21(5)10-14(23)19-17(2,3)4/h6-9H,10-11H2,1-5H3,(H,18,20)(H,19,23)/p+1. The Labute approximate surface area is 157 Å². The van der Waals surface area contributed by atoms with Gasteiger partial charge in [0.05, 0.1) is 7.05 Å². The molecule has 1 unspecified atom stereocenters. The molecule has 1 aromatic heterocycles. The van der Waals surface area contributed by atoms with Gasteiger partial charge >= 0.3 is 0 Å². The predicted molar refractivity (Wildman–Crippen MR) is 105 cm³/mol. The van der Waals surface area contributed by atoms with Gasteiger partial charge in [0.2, 0.25) is 5.13 Å². The second-order valence-electron chi connectivity index (χ2n) is 7.25. The van der Waals surface area contributed by atoms with E-state index in [4.69, 9.17) is 12.2 Å². The summed E-state index contributed by atoms with van der Waals surface area (Å²) in [7, 11) is 1.95. The summed E-state index contributed by atoms with van der Waals surface area (Å²) in [5.74, 6) is 0.0183. The molecular weight excluding hydrogens is 354 g/mol. The van der Waals surface area contributed by atoms with E-state index in [1.165, 1.54) is 16.9 Å². The predicted octanol–water partition coefficient (Wildman–Crippen LogP) is 2.11. The van der Waals surface area contributed by atoms with Gasteiger partial charge in [0.1, 0.15) is 0 Å². The highest BCUT2D eigenvalue weighted by atomic mass is 32.1. The number of anilines is 2. The molecule has 1 heterocycles. The van der Waals surface area contributed by atoms with Crippen LogP contribution >= 0.6 is 23.6 Å². The van der Waals surface area contributed by atoms with Crippen molar-refractivity contribution in [2.75, 3.05) is 18.9 Å². The normalized spacial score (nSPS) is 12.7. The first-order valence-electron chi connectivity index (χ1n) is 8.16. The van der Waals surface area contributed by atoms with Crippen molar-refractivity contribution in [3.63, 3.8) is 0 Å². The van der Waals surface area contributed by atoms with Gasteiger partial charge in [-0.25, -0.2) is 0 Å². The van der Waals surface area contributed by atoms with Crippen LogP contribution in [0.3, 0.4) is 0 Å². The molecule has 0 spiro atoms. The molecule has 1 atom stereocenters. The number of nitrogens with zero attached hydrogens (tertiary/aromatic N) is 2. The summed E-state index contributed by atoms with van der Waals surface area (Å²) in [4.78, 5) is 13.0. The Hall–Kier alpha value is -1.77. The molecule has 0 aliphatic heterocycles. The molecule has 8 heteroatoms. The smallest absolute Gasteiger partial charge is 0.275 e. The Balaban J connectivity index is 1.96. The summed E-state index contributed by atoms with van der Waals surface area (Å²) >= 11 is 6.82. The van der Waals surface area contributed by atoms with Crippen LogP contribution < -0.4 is 15.5 Å². The van der Waals surface area contributed by atoms with Crippen LogP contribution in [-0.2, 0) is 11.5 Å². The van der Waals surface area contributed by atoms with Crippen molar-refractivity contribution < 1.29 is 9.69 Å². The summed E-state index contributed by atoms with van der Waals surface area (Å²) < 4.78 is 2.45. The minimum Gasteiger partial charge on any atom is -0.347 e. The summed E-state index contributed by atoms with van der Waals surface area (Å²) in [6.45, 7) is 8.88. The van der Waals surface area contributed by atoms with E-state index in [1.807, 2.05) is 52.1 Å². The first-order valence-corrected chi connectivity index (χ1v) is 9.39. The molecule has 0 radical (unpaired) electrons. The maximum atomic E-state index is 12.0. The van der Waals surface area contributed by atoms with Gasteiger partial charge in [-0.2, -0.15) is 4.68 Å². The zero-order valence-corrected chi connectivity index (χ0v) is 17.0. The van der Waals surface area contributed by atoms with E-state index in [1.54, 1.807) is 4.68 Å². The van der Waals surface area contributed by atoms with Crippen LogP contribution in [0.2, 0.25) is 0 Å². The van der Waals surface area contributed by atoms with Crippen molar-refractivity contribution in [3.05, 3.63) is 33.8 Å². The number of likely N-dealkylation sites (N-methyl/N-ethyl adjacent to an activating group) is 1. The molecule has 1 amide bonds. The maximum absolute atomic E-state index is 12.0. The maximum Gasteiger partial charge on any atom is 0.275 e. The molecule has 2 rings (SSSR count). The van der Waals surface area contributed by atoms with Crippen molar-refractivity contribution in [1.29, 1.82) is 0 Å². The van der Waals surface area contributed by atoms with Gasteiger partial charge in [-0.15, -0.1) is 5.10 Å². The highest BCUT2D eigenvalue weighted by molar-refractivity contribution is 7.73. The zero-order chi connectivity index (χ0) is 18.6. The van der Waals surface area contributed by atoms with E-state index >= 15 is 0 Å². The fraction of sp³-hybridized carbons (Fsp3) is 0.471. The first-order chi connectivity index (χ1) is 11.6. The molecule has 3 N–H and O–H groups in total. The Bertz CT molecular complexity index is 774. The SMILES string of the molecule is Cc1ccc(Nc2nn(C[NH+](C)CC(=O)NC(C)(C)C)c(=S)s2)cc1. The molecule has 0 bridgehead atoms. The summed E-state index contributed by atoms with van der Waals surface area (Å²) in [6, 6.07) is 8.12. The average Bonchev–Trinajstić information content (AvgIpc) is 2.79. The van der Waals surface area contributed by atoms with Crippen LogP contribution in [0.4, 0.5) is 10.8 Å². The number of nitrogens with one attached hydrogen (secondary N) is 3. The average molecular weight is 381 g/mol. The van der Waals surface area contributed by atoms with Crippen LogP contribution in [-0.4, -0.2) is 34.8 Å². The Morgan fingerprint density at radius 3 is 2.56 bits per heavy atom. The number of hydrogen-bond acceptors (Lipinski definition) is 5. The van der Waals surface area contributed by atoms with E-state index in [0.717, 1.165) is 15.7 Å². The Kier molecular flexibility index (Phi) is 6.31. The third kappa shape index (κ3) is 6.56. The van der Waals surface area contributed by atoms with Crippen molar-refractivity contribution in [3.8, 4) is 0 Å². The van der Waals surface area contributed by atoms with Gasteiger partial charge in [0.25, 0.3) is 5.91 Å². The lowest BCUT2D eigenvalue weighted by Gasteiger charge is -2.21. The third-order valence-corrected chi connectivity index (χ3v) is 4.53. The quantitative estimate of drug-likeness (QED) is 0.672. The van der Waals surface area contributed by atoms with Gasteiger partial charge < -0.3 is 15.5 Å². The lowest BCUT2D eigenvalue weighted by Crippen LogP contribution is -3.09. The highest BCUT2D eigenvalue weighted by Gasteiger charge is 2.18. The molecule has 6 nitrogen and oxygen atoms in total. The van der Waals surface area contributed by atoms with E-state index in [2.05, 4.69) is 22.7 Å². The van der Waals surface area contributed by atoms with E-state index < -0.39 is 0 Å². The first kappa shape index (κ1) is 19.6. The van der Waals surface area contributed by atoms with Crippen LogP contribution in [0.1, 0.15) is 26.3 Å². The molecule has 0 fully saturated rings. The van der Waals surface area contributed by atoms with Crippen molar-refractivity contribution in [2.45, 2.75) is 39.9 Å². The molecule has 0 saturated carbocycles. The molecule has 136 valence electrons. The Morgan fingerprint density at radius 2 is 1.96 bits per heavy atom. The lowest BCUT2D eigenvalue weighted by atomic mass is 10.1. The number of hydrogen-bond donors (Lipinski definition) is 3. The Morgan fingerprint density at radius 1 is 1.32 bits per heavy atom. The molecule has 2 aromatic rings. The lowest BCUT2D eigenvalue weighted by molar-refractivity contribution is -0.895. The van der Waals surface area contributed by atoms with Gasteiger partial charge in [-0.05, 0) is 52.0 Å². The third-order valence-electron chi connectivity index (χ3n) is 3.31. The second-order valence-corrected chi connectivity index (χ2v) is 8.88. The molecular formula is C17H26N5OS2+. The van der Waals surface area contributed by atoms with Gasteiger partial charge in [0, 0.05) is 11.2 Å². The monoisotopic (exact) mass is 380 g/mol. The number of quaternary nitrogens is 1. The minimum atomic E-state index is -0.223. The van der Waals surface area contributed by atoms with Crippen LogP contribution in [0.15, 0.2) is 24.3 Å². The number of rotatable bonds is 6. The van der Waals surface area contributed by atoms with E-state index in [9.17, 15) is 4.79 Å². The van der Waals surface area contributed by atoms with E-state index in [0.29, 0.717) is 17.2 Å². The number of carbonyl (C=O) groups excluding carboxylic acids is 1. The van der Waals surface area contributed by atoms with Gasteiger partial charge in [-0.1, -0.05) is 29.0 Å². The molecule has 1 aromatic carbocycles.